The van der Waals surface area contributed by atoms with Gasteiger partial charge in [-0.3, -0.25) is 0 Å². The number of nitrogens with one attached hydrogen (secondary N) is 1. The molecule has 0 aliphatic rings. The molecule has 0 atom stereocenters. The third kappa shape index (κ3) is 2.75. The van der Waals surface area contributed by atoms with Crippen molar-refractivity contribution in [3.63, 3.8) is 0 Å². The number of imidazole rings is 1. The number of nitrogens with zero attached hydrogens (tertiary/aromatic N) is 3. The van der Waals surface area contributed by atoms with Crippen LogP contribution in [0.15, 0.2) is 48.3 Å². The molecule has 2 heterocycles. The van der Waals surface area contributed by atoms with Crippen molar-refractivity contribution in [2.24, 2.45) is 0 Å². The van der Waals surface area contributed by atoms with Crippen LogP contribution in [0.3, 0.4) is 0 Å². The maximum absolute atomic E-state index is 5.43. The van der Waals surface area contributed by atoms with Gasteiger partial charge in [-0.1, -0.05) is 6.08 Å². The molecule has 0 radical (unpaired) electrons. The molecule has 3 rings (SSSR count). The molecule has 0 unspecified atom stereocenters. The molecule has 5 nitrogen and oxygen atoms in total. The fourth-order valence-electron chi connectivity index (χ4n) is 2.01. The van der Waals surface area contributed by atoms with E-state index in [9.17, 15) is 0 Å². The first-order valence-corrected chi connectivity index (χ1v) is 7.38. The van der Waals surface area contributed by atoms with E-state index < -0.39 is 0 Å². The number of rotatable bonds is 5. The van der Waals surface area contributed by atoms with Gasteiger partial charge in [0, 0.05) is 10.6 Å². The fraction of sp³-hybridized carbons (Fsp3) is 0.133. The van der Waals surface area contributed by atoms with Gasteiger partial charge >= 0.3 is 0 Å². The minimum absolute atomic E-state index is 0.645. The smallest absolute Gasteiger partial charge is 0.181 e. The van der Waals surface area contributed by atoms with Gasteiger partial charge in [-0.05, 0) is 18.2 Å². The van der Waals surface area contributed by atoms with E-state index in [1.807, 2.05) is 18.2 Å². The highest BCUT2D eigenvalue weighted by molar-refractivity contribution is 7.99. The van der Waals surface area contributed by atoms with E-state index in [-0.39, 0.29) is 0 Å². The Labute approximate surface area is 126 Å². The van der Waals surface area contributed by atoms with E-state index >= 15 is 0 Å². The summed E-state index contributed by atoms with van der Waals surface area (Å²) >= 11 is 1.71. The van der Waals surface area contributed by atoms with Crippen LogP contribution in [0.5, 0.6) is 5.75 Å². The van der Waals surface area contributed by atoms with Crippen molar-refractivity contribution in [2.45, 2.75) is 4.90 Å². The molecule has 0 saturated carbocycles. The SMILES string of the molecule is C=CCSc1ccc(OC)c(-c2nc3ncncc3[nH]2)c1. The molecule has 1 aromatic carbocycles. The lowest BCUT2D eigenvalue weighted by molar-refractivity contribution is 0.416. The second kappa shape index (κ2) is 5.97. The van der Waals surface area contributed by atoms with Crippen LogP contribution in [0.1, 0.15) is 0 Å². The van der Waals surface area contributed by atoms with Crippen LogP contribution in [-0.2, 0) is 0 Å². The third-order valence-corrected chi connectivity index (χ3v) is 3.95. The van der Waals surface area contributed by atoms with Gasteiger partial charge in [0.2, 0.25) is 0 Å². The van der Waals surface area contributed by atoms with Gasteiger partial charge in [0.05, 0.1) is 18.9 Å². The van der Waals surface area contributed by atoms with Crippen LogP contribution in [0.2, 0.25) is 0 Å². The number of hydrogen-bond acceptors (Lipinski definition) is 5. The van der Waals surface area contributed by atoms with Crippen molar-refractivity contribution in [3.05, 3.63) is 43.4 Å². The Morgan fingerprint density at radius 3 is 3.10 bits per heavy atom. The Morgan fingerprint density at radius 2 is 2.33 bits per heavy atom. The zero-order chi connectivity index (χ0) is 14.7. The van der Waals surface area contributed by atoms with Crippen LogP contribution in [-0.4, -0.2) is 32.8 Å². The Kier molecular flexibility index (Phi) is 3.87. The number of aromatic nitrogens is 4. The lowest BCUT2D eigenvalue weighted by Gasteiger charge is -2.08. The average molecular weight is 298 g/mol. The fourth-order valence-corrected chi connectivity index (χ4v) is 2.68. The lowest BCUT2D eigenvalue weighted by Crippen LogP contribution is -1.90. The van der Waals surface area contributed by atoms with E-state index in [1.165, 1.54) is 6.33 Å². The maximum Gasteiger partial charge on any atom is 0.181 e. The molecule has 3 aromatic rings. The molecule has 0 saturated heterocycles. The van der Waals surface area contributed by atoms with Crippen molar-refractivity contribution in [1.29, 1.82) is 0 Å². The van der Waals surface area contributed by atoms with E-state index in [0.717, 1.165) is 33.3 Å². The zero-order valence-electron chi connectivity index (χ0n) is 11.5. The predicted octanol–water partition coefficient (Wildman–Crippen LogP) is 3.31. The summed E-state index contributed by atoms with van der Waals surface area (Å²) in [6.07, 6.45) is 5.08. The highest BCUT2D eigenvalue weighted by Crippen LogP contribution is 2.33. The van der Waals surface area contributed by atoms with Crippen molar-refractivity contribution in [1.82, 2.24) is 19.9 Å². The molecular formula is C15H14N4OS. The third-order valence-electron chi connectivity index (χ3n) is 2.96. The number of thioether (sulfide) groups is 1. The molecule has 6 heteroatoms. The van der Waals surface area contributed by atoms with Crippen molar-refractivity contribution >= 4 is 22.9 Å². The van der Waals surface area contributed by atoms with Crippen LogP contribution >= 0.6 is 11.8 Å². The topological polar surface area (TPSA) is 63.7 Å². The molecule has 0 aliphatic heterocycles. The zero-order valence-corrected chi connectivity index (χ0v) is 12.4. The summed E-state index contributed by atoms with van der Waals surface area (Å²) in [4.78, 5) is 17.0. The first-order valence-electron chi connectivity index (χ1n) is 6.39. The molecule has 0 fully saturated rings. The van der Waals surface area contributed by atoms with Crippen molar-refractivity contribution in [3.8, 4) is 17.1 Å². The first kappa shape index (κ1) is 13.6. The van der Waals surface area contributed by atoms with Gasteiger partial charge in [-0.15, -0.1) is 18.3 Å². The standard InChI is InChI=1S/C15H14N4OS/c1-3-6-21-10-4-5-13(20-2)11(7-10)14-18-12-8-16-9-17-15(12)19-14/h3-5,7-9H,1,6H2,2H3,(H,16,17,18,19). The lowest BCUT2D eigenvalue weighted by atomic mass is 10.2. The molecule has 0 amide bonds. The van der Waals surface area contributed by atoms with Gasteiger partial charge in [-0.2, -0.15) is 0 Å². The van der Waals surface area contributed by atoms with Gasteiger partial charge in [0.1, 0.15) is 23.4 Å². The number of aromatic amines is 1. The van der Waals surface area contributed by atoms with E-state index in [1.54, 1.807) is 25.1 Å². The Bertz CT molecular complexity index is 751. The number of fused-ring (bicyclic) bond motifs is 1. The average Bonchev–Trinajstić information content (AvgIpc) is 2.96. The molecular weight excluding hydrogens is 284 g/mol. The van der Waals surface area contributed by atoms with E-state index in [2.05, 4.69) is 32.6 Å². The second-order valence-electron chi connectivity index (χ2n) is 4.31. The quantitative estimate of drug-likeness (QED) is 0.578. The van der Waals surface area contributed by atoms with Gasteiger partial charge in [-0.25, -0.2) is 15.0 Å². The number of hydrogen-bond donors (Lipinski definition) is 1. The summed E-state index contributed by atoms with van der Waals surface area (Å²) in [7, 11) is 1.65. The largest absolute Gasteiger partial charge is 0.496 e. The number of methoxy groups -OCH3 is 1. The molecule has 0 aliphatic carbocycles. The van der Waals surface area contributed by atoms with E-state index in [0.29, 0.717) is 5.65 Å². The van der Waals surface area contributed by atoms with Crippen LogP contribution in [0.25, 0.3) is 22.6 Å². The number of ether oxygens (including phenoxy) is 1. The highest BCUT2D eigenvalue weighted by atomic mass is 32.2. The number of benzene rings is 1. The van der Waals surface area contributed by atoms with Crippen LogP contribution < -0.4 is 4.74 Å². The second-order valence-corrected chi connectivity index (χ2v) is 5.40. The molecule has 2 aromatic heterocycles. The van der Waals surface area contributed by atoms with Gasteiger partial charge < -0.3 is 9.72 Å². The Morgan fingerprint density at radius 1 is 1.43 bits per heavy atom. The predicted molar refractivity (Wildman–Crippen MR) is 84.6 cm³/mol. The van der Waals surface area contributed by atoms with Crippen molar-refractivity contribution in [2.75, 3.05) is 12.9 Å². The van der Waals surface area contributed by atoms with Gasteiger partial charge in [0.25, 0.3) is 0 Å². The minimum atomic E-state index is 0.645. The van der Waals surface area contributed by atoms with Crippen LogP contribution in [0.4, 0.5) is 0 Å². The molecule has 21 heavy (non-hydrogen) atoms. The summed E-state index contributed by atoms with van der Waals surface area (Å²) in [6.45, 7) is 3.74. The monoisotopic (exact) mass is 298 g/mol. The van der Waals surface area contributed by atoms with Gasteiger partial charge in [0.15, 0.2) is 5.65 Å². The summed E-state index contributed by atoms with van der Waals surface area (Å²) < 4.78 is 5.43. The maximum atomic E-state index is 5.43. The normalized spacial score (nSPS) is 10.7. The summed E-state index contributed by atoms with van der Waals surface area (Å²) in [6, 6.07) is 6.02. The minimum Gasteiger partial charge on any atom is -0.496 e. The summed E-state index contributed by atoms with van der Waals surface area (Å²) in [5.41, 5.74) is 2.36. The number of H-pyrrole nitrogens is 1. The molecule has 0 bridgehead atoms. The summed E-state index contributed by atoms with van der Waals surface area (Å²) in [5.74, 6) is 2.35. The van der Waals surface area contributed by atoms with Crippen molar-refractivity contribution < 1.29 is 4.74 Å². The van der Waals surface area contributed by atoms with Crippen LogP contribution in [0, 0.1) is 0 Å². The summed E-state index contributed by atoms with van der Waals surface area (Å²) in [5, 5.41) is 0. The molecule has 0 spiro atoms. The Balaban J connectivity index is 2.07. The highest BCUT2D eigenvalue weighted by Gasteiger charge is 2.12. The van der Waals surface area contributed by atoms with E-state index in [4.69, 9.17) is 4.74 Å². The first-order chi connectivity index (χ1) is 10.3. The molecule has 106 valence electrons. The Hall–Kier alpha value is -2.34. The molecule has 1 N–H and O–H groups in total.